The van der Waals surface area contributed by atoms with Crippen LogP contribution in [0.5, 0.6) is 0 Å². The van der Waals surface area contributed by atoms with E-state index in [2.05, 4.69) is 10.6 Å². The van der Waals surface area contributed by atoms with Crippen molar-refractivity contribution in [3.63, 3.8) is 0 Å². The summed E-state index contributed by atoms with van der Waals surface area (Å²) in [6.07, 6.45) is -0.572. The molecule has 4 aromatic rings. The van der Waals surface area contributed by atoms with Crippen LogP contribution in [0.15, 0.2) is 121 Å². The molecule has 0 aliphatic carbocycles. The van der Waals surface area contributed by atoms with Crippen LogP contribution in [0.4, 0.5) is 4.79 Å². The monoisotopic (exact) mass is 524 g/mol. The number of rotatable bonds is 11. The number of alkyl carbamates (subject to hydrolysis) is 1. The Kier molecular flexibility index (Phi) is 9.45. The summed E-state index contributed by atoms with van der Waals surface area (Å²) in [6, 6.07) is 34.1. The lowest BCUT2D eigenvalue weighted by molar-refractivity contribution is -0.126. The van der Waals surface area contributed by atoms with Crippen LogP contribution in [0.2, 0.25) is 0 Å². The summed E-state index contributed by atoms with van der Waals surface area (Å²) >= 11 is 0. The maximum Gasteiger partial charge on any atom is 0.408 e. The number of carbonyl (C=O) groups excluding carboxylic acids is 2. The molecular formula is C32H32N2O5. The lowest BCUT2D eigenvalue weighted by atomic mass is 9.80. The Balaban J connectivity index is 1.57. The molecule has 7 heteroatoms. The topological polar surface area (TPSA) is 108 Å². The predicted molar refractivity (Wildman–Crippen MR) is 149 cm³/mol. The molecule has 4 aromatic carbocycles. The molecule has 0 spiro atoms. The number of aliphatic hydroxyl groups excluding tert-OH is 1. The van der Waals surface area contributed by atoms with Crippen molar-refractivity contribution in [2.24, 2.45) is 0 Å². The van der Waals surface area contributed by atoms with Crippen molar-refractivity contribution >= 4 is 12.0 Å². The van der Waals surface area contributed by atoms with Crippen LogP contribution >= 0.6 is 0 Å². The van der Waals surface area contributed by atoms with Gasteiger partial charge in [0, 0.05) is 6.42 Å². The van der Waals surface area contributed by atoms with Gasteiger partial charge < -0.3 is 25.6 Å². The number of amides is 2. The molecule has 0 saturated carbocycles. The Morgan fingerprint density at radius 2 is 1.15 bits per heavy atom. The quantitative estimate of drug-likeness (QED) is 0.238. The predicted octanol–water partition coefficient (Wildman–Crippen LogP) is 3.94. The molecule has 0 aliphatic heterocycles. The van der Waals surface area contributed by atoms with E-state index in [1.165, 1.54) is 0 Å². The number of carbonyl (C=O) groups is 2. The van der Waals surface area contributed by atoms with E-state index in [4.69, 9.17) is 4.74 Å². The Bertz CT molecular complexity index is 1280. The van der Waals surface area contributed by atoms with Gasteiger partial charge in [0.2, 0.25) is 5.91 Å². The van der Waals surface area contributed by atoms with E-state index < -0.39 is 36.3 Å². The zero-order valence-corrected chi connectivity index (χ0v) is 21.4. The fourth-order valence-corrected chi connectivity index (χ4v) is 4.47. The summed E-state index contributed by atoms with van der Waals surface area (Å²) in [7, 11) is 0. The molecule has 0 fully saturated rings. The maximum absolute atomic E-state index is 13.6. The van der Waals surface area contributed by atoms with Crippen molar-refractivity contribution in [3.8, 4) is 0 Å². The van der Waals surface area contributed by atoms with Crippen LogP contribution in [-0.2, 0) is 28.2 Å². The van der Waals surface area contributed by atoms with Gasteiger partial charge in [0.05, 0.1) is 12.6 Å². The molecular weight excluding hydrogens is 492 g/mol. The fourth-order valence-electron chi connectivity index (χ4n) is 4.47. The maximum atomic E-state index is 13.6. The first kappa shape index (κ1) is 27.6. The first-order chi connectivity index (χ1) is 19.0. The highest BCUT2D eigenvalue weighted by Crippen LogP contribution is 2.33. The molecule has 0 aliphatic rings. The lowest BCUT2D eigenvalue weighted by Gasteiger charge is -2.37. The van der Waals surface area contributed by atoms with Crippen molar-refractivity contribution in [2.45, 2.75) is 30.7 Å². The smallest absolute Gasteiger partial charge is 0.408 e. The summed E-state index contributed by atoms with van der Waals surface area (Å²) in [4.78, 5) is 26.3. The molecule has 4 rings (SSSR count). The molecule has 0 heterocycles. The third-order valence-electron chi connectivity index (χ3n) is 6.54. The van der Waals surface area contributed by atoms with Crippen LogP contribution in [0, 0.1) is 0 Å². The van der Waals surface area contributed by atoms with Crippen LogP contribution in [0.1, 0.15) is 22.3 Å². The number of benzene rings is 4. The zero-order valence-electron chi connectivity index (χ0n) is 21.4. The van der Waals surface area contributed by atoms with Gasteiger partial charge in [0.15, 0.2) is 0 Å². The number of hydrogen-bond acceptors (Lipinski definition) is 5. The summed E-state index contributed by atoms with van der Waals surface area (Å²) < 4.78 is 5.35. The van der Waals surface area contributed by atoms with Crippen molar-refractivity contribution in [1.82, 2.24) is 10.6 Å². The standard InChI is InChI=1S/C32H32N2O5/c35-22-29(32(38,26-17-9-3-10-18-26)27-19-11-4-12-20-27)34-30(36)28(21-24-13-5-1-6-14-24)33-31(37)39-23-25-15-7-2-8-16-25/h1-20,28-29,35,38H,21-23H2,(H,33,37)(H,34,36)/t28-,29+/m1/s1. The van der Waals surface area contributed by atoms with Crippen molar-refractivity contribution < 1.29 is 24.5 Å². The van der Waals surface area contributed by atoms with E-state index in [0.29, 0.717) is 11.1 Å². The van der Waals surface area contributed by atoms with Crippen LogP contribution in [0.3, 0.4) is 0 Å². The van der Waals surface area contributed by atoms with Gasteiger partial charge in [-0.25, -0.2) is 4.79 Å². The average molecular weight is 525 g/mol. The number of ether oxygens (including phenoxy) is 1. The van der Waals surface area contributed by atoms with E-state index in [0.717, 1.165) is 11.1 Å². The van der Waals surface area contributed by atoms with Crippen molar-refractivity contribution in [3.05, 3.63) is 144 Å². The second-order valence-corrected chi connectivity index (χ2v) is 9.19. The Hall–Kier alpha value is -4.46. The minimum atomic E-state index is -1.74. The van der Waals surface area contributed by atoms with Gasteiger partial charge >= 0.3 is 6.09 Å². The van der Waals surface area contributed by atoms with Crippen molar-refractivity contribution in [2.75, 3.05) is 6.61 Å². The SMILES string of the molecule is O=C(N[C@H](Cc1ccccc1)C(=O)N[C@@H](CO)C(O)(c1ccccc1)c1ccccc1)OCc1ccccc1. The first-order valence-corrected chi connectivity index (χ1v) is 12.8. The van der Waals surface area contributed by atoms with Gasteiger partial charge in [-0.1, -0.05) is 121 Å². The molecule has 200 valence electrons. The number of nitrogens with one attached hydrogen (secondary N) is 2. The third-order valence-corrected chi connectivity index (χ3v) is 6.54. The number of hydrogen-bond donors (Lipinski definition) is 4. The van der Waals surface area contributed by atoms with E-state index in [-0.39, 0.29) is 13.0 Å². The summed E-state index contributed by atoms with van der Waals surface area (Å²) in [5, 5.41) is 27.9. The normalized spacial score (nSPS) is 12.7. The minimum Gasteiger partial charge on any atom is -0.445 e. The summed E-state index contributed by atoms with van der Waals surface area (Å²) in [5.74, 6) is -0.570. The van der Waals surface area contributed by atoms with Crippen molar-refractivity contribution in [1.29, 1.82) is 0 Å². The molecule has 0 bridgehead atoms. The zero-order chi connectivity index (χ0) is 27.5. The van der Waals surface area contributed by atoms with Gasteiger partial charge in [0.1, 0.15) is 18.2 Å². The molecule has 0 radical (unpaired) electrons. The Morgan fingerprint density at radius 1 is 0.692 bits per heavy atom. The second kappa shape index (κ2) is 13.4. The molecule has 2 atom stereocenters. The van der Waals surface area contributed by atoms with Gasteiger partial charge in [0.25, 0.3) is 0 Å². The van der Waals surface area contributed by atoms with Gasteiger partial charge in [-0.05, 0) is 22.3 Å². The van der Waals surface area contributed by atoms with Gasteiger partial charge in [-0.2, -0.15) is 0 Å². The highest BCUT2D eigenvalue weighted by molar-refractivity contribution is 5.86. The van der Waals surface area contributed by atoms with Crippen LogP contribution < -0.4 is 10.6 Å². The largest absolute Gasteiger partial charge is 0.445 e. The average Bonchev–Trinajstić information content (AvgIpc) is 3.00. The summed E-state index contributed by atoms with van der Waals surface area (Å²) in [6.45, 7) is -0.504. The highest BCUT2D eigenvalue weighted by atomic mass is 16.5. The second-order valence-electron chi connectivity index (χ2n) is 9.19. The molecule has 0 saturated heterocycles. The Morgan fingerprint density at radius 3 is 1.64 bits per heavy atom. The Labute approximate surface area is 228 Å². The van der Waals surface area contributed by atoms with E-state index in [1.807, 2.05) is 72.8 Å². The molecule has 0 aromatic heterocycles. The van der Waals surface area contributed by atoms with E-state index in [9.17, 15) is 19.8 Å². The summed E-state index contributed by atoms with van der Waals surface area (Å²) in [5.41, 5.74) is 0.907. The van der Waals surface area contributed by atoms with E-state index >= 15 is 0 Å². The molecule has 0 unspecified atom stereocenters. The minimum absolute atomic E-state index is 0.0490. The molecule has 39 heavy (non-hydrogen) atoms. The number of aliphatic hydroxyl groups is 2. The van der Waals surface area contributed by atoms with Crippen LogP contribution in [-0.4, -0.2) is 40.9 Å². The third kappa shape index (κ3) is 7.10. The highest BCUT2D eigenvalue weighted by Gasteiger charge is 2.41. The molecule has 7 nitrogen and oxygen atoms in total. The van der Waals surface area contributed by atoms with E-state index in [1.54, 1.807) is 48.5 Å². The van der Waals surface area contributed by atoms with Crippen LogP contribution in [0.25, 0.3) is 0 Å². The fraction of sp³-hybridized carbons (Fsp3) is 0.188. The van der Waals surface area contributed by atoms with Gasteiger partial charge in [-0.3, -0.25) is 4.79 Å². The molecule has 2 amide bonds. The molecule has 4 N–H and O–H groups in total. The first-order valence-electron chi connectivity index (χ1n) is 12.8. The lowest BCUT2D eigenvalue weighted by Crippen LogP contribution is -2.58. The van der Waals surface area contributed by atoms with Gasteiger partial charge in [-0.15, -0.1) is 0 Å².